The van der Waals surface area contributed by atoms with E-state index in [9.17, 15) is 18.0 Å². The third-order valence-electron chi connectivity index (χ3n) is 3.72. The van der Waals surface area contributed by atoms with Crippen molar-refractivity contribution in [2.75, 3.05) is 20.7 Å². The monoisotopic (exact) mass is 302 g/mol. The third-order valence-corrected chi connectivity index (χ3v) is 3.72. The molecule has 7 heteroatoms. The van der Waals surface area contributed by atoms with E-state index in [1.165, 1.54) is 26.3 Å². The van der Waals surface area contributed by atoms with Crippen LogP contribution in [0, 0.1) is 0 Å². The standard InChI is InChI=1S/C14H17F3N2O2/c1-19(21-2)13(20)12-7-10(8-18-12)9-3-5-11(6-4-9)14(15,16)17/h3-6,10,12,18H,7-8H2,1-2H3/t10?,12-/m0/s1. The van der Waals surface area contributed by atoms with Gasteiger partial charge in [0.25, 0.3) is 5.91 Å². The number of carbonyl (C=O) groups excluding carboxylic acids is 1. The summed E-state index contributed by atoms with van der Waals surface area (Å²) in [6, 6.07) is 4.73. The summed E-state index contributed by atoms with van der Waals surface area (Å²) in [5, 5.41) is 4.22. The van der Waals surface area contributed by atoms with Crippen LogP contribution in [0.25, 0.3) is 0 Å². The number of rotatable bonds is 3. The topological polar surface area (TPSA) is 41.6 Å². The number of halogens is 3. The van der Waals surface area contributed by atoms with Gasteiger partial charge in [-0.25, -0.2) is 5.06 Å². The number of benzene rings is 1. The first-order valence-corrected chi connectivity index (χ1v) is 6.55. The van der Waals surface area contributed by atoms with Crippen LogP contribution < -0.4 is 5.32 Å². The van der Waals surface area contributed by atoms with Crippen molar-refractivity contribution in [2.24, 2.45) is 0 Å². The van der Waals surface area contributed by atoms with Gasteiger partial charge in [0, 0.05) is 13.6 Å². The highest BCUT2D eigenvalue weighted by Gasteiger charge is 2.33. The van der Waals surface area contributed by atoms with Crippen LogP contribution in [0.2, 0.25) is 0 Å². The maximum Gasteiger partial charge on any atom is 0.416 e. The highest BCUT2D eigenvalue weighted by atomic mass is 19.4. The van der Waals surface area contributed by atoms with Gasteiger partial charge in [0.15, 0.2) is 0 Å². The highest BCUT2D eigenvalue weighted by Crippen LogP contribution is 2.32. The Kier molecular flexibility index (Phi) is 4.53. The Balaban J connectivity index is 2.03. The lowest BCUT2D eigenvalue weighted by molar-refractivity contribution is -0.170. The minimum Gasteiger partial charge on any atom is -0.305 e. The van der Waals surface area contributed by atoms with Gasteiger partial charge >= 0.3 is 6.18 Å². The molecule has 0 aromatic heterocycles. The molecule has 4 nitrogen and oxygen atoms in total. The molecule has 2 rings (SSSR count). The maximum absolute atomic E-state index is 12.5. The van der Waals surface area contributed by atoms with E-state index < -0.39 is 11.7 Å². The number of nitrogens with zero attached hydrogens (tertiary/aromatic N) is 1. The summed E-state index contributed by atoms with van der Waals surface area (Å²) in [5.74, 6) is -0.168. The van der Waals surface area contributed by atoms with E-state index in [1.54, 1.807) is 0 Å². The maximum atomic E-state index is 12.5. The van der Waals surface area contributed by atoms with E-state index in [0.717, 1.165) is 22.8 Å². The Hall–Kier alpha value is -1.60. The first-order valence-electron chi connectivity index (χ1n) is 6.55. The lowest BCUT2D eigenvalue weighted by Gasteiger charge is -2.18. The molecule has 1 fully saturated rings. The van der Waals surface area contributed by atoms with Gasteiger partial charge in [-0.1, -0.05) is 12.1 Å². The SMILES string of the molecule is CON(C)C(=O)[C@@H]1CC(c2ccc(C(F)(F)F)cc2)CN1. The van der Waals surface area contributed by atoms with Crippen LogP contribution >= 0.6 is 0 Å². The van der Waals surface area contributed by atoms with E-state index in [1.807, 2.05) is 0 Å². The number of alkyl halides is 3. The average molecular weight is 302 g/mol. The quantitative estimate of drug-likeness (QED) is 0.870. The molecular formula is C14H17F3N2O2. The van der Waals surface area contributed by atoms with Crippen LogP contribution in [0.15, 0.2) is 24.3 Å². The molecule has 1 heterocycles. The normalized spacial score (nSPS) is 22.3. The molecule has 0 saturated carbocycles. The van der Waals surface area contributed by atoms with Gasteiger partial charge in [0.2, 0.25) is 0 Å². The summed E-state index contributed by atoms with van der Waals surface area (Å²) in [4.78, 5) is 16.8. The zero-order valence-corrected chi connectivity index (χ0v) is 11.8. The fraction of sp³-hybridized carbons (Fsp3) is 0.500. The minimum atomic E-state index is -4.33. The van der Waals surface area contributed by atoms with Crippen LogP contribution in [-0.2, 0) is 15.8 Å². The summed E-state index contributed by atoms with van der Waals surface area (Å²) in [5.41, 5.74) is 0.134. The predicted octanol–water partition coefficient (Wildman–Crippen LogP) is 2.17. The largest absolute Gasteiger partial charge is 0.416 e. The second-order valence-electron chi connectivity index (χ2n) is 5.03. The van der Waals surface area contributed by atoms with Crippen molar-refractivity contribution < 1.29 is 22.8 Å². The van der Waals surface area contributed by atoms with E-state index in [4.69, 9.17) is 4.84 Å². The van der Waals surface area contributed by atoms with Gasteiger partial charge in [0.05, 0.1) is 18.7 Å². The number of hydroxylamine groups is 2. The van der Waals surface area contributed by atoms with Gasteiger partial charge in [-0.05, 0) is 30.0 Å². The summed E-state index contributed by atoms with van der Waals surface area (Å²) in [6.07, 6.45) is -3.79. The van der Waals surface area contributed by atoms with Gasteiger partial charge in [-0.15, -0.1) is 0 Å². The van der Waals surface area contributed by atoms with Gasteiger partial charge in [0.1, 0.15) is 0 Å². The van der Waals surface area contributed by atoms with E-state index in [0.29, 0.717) is 13.0 Å². The lowest BCUT2D eigenvalue weighted by atomic mass is 9.95. The Morgan fingerprint density at radius 1 is 1.33 bits per heavy atom. The molecule has 1 aromatic rings. The Morgan fingerprint density at radius 3 is 2.48 bits per heavy atom. The van der Waals surface area contributed by atoms with Crippen molar-refractivity contribution in [3.8, 4) is 0 Å². The van der Waals surface area contributed by atoms with Gasteiger partial charge in [-0.2, -0.15) is 13.2 Å². The summed E-state index contributed by atoms with van der Waals surface area (Å²) in [7, 11) is 2.93. The Labute approximate surface area is 120 Å². The molecule has 1 unspecified atom stereocenters. The van der Waals surface area contributed by atoms with Crippen molar-refractivity contribution in [1.82, 2.24) is 10.4 Å². The molecule has 1 amide bonds. The molecule has 0 bridgehead atoms. The van der Waals surface area contributed by atoms with Gasteiger partial charge in [-0.3, -0.25) is 9.63 Å². The predicted molar refractivity (Wildman–Crippen MR) is 70.4 cm³/mol. The van der Waals surface area contributed by atoms with Crippen molar-refractivity contribution in [2.45, 2.75) is 24.6 Å². The molecule has 1 aromatic carbocycles. The second kappa shape index (κ2) is 6.03. The molecular weight excluding hydrogens is 285 g/mol. The molecule has 1 N–H and O–H groups in total. The highest BCUT2D eigenvalue weighted by molar-refractivity contribution is 5.81. The van der Waals surface area contributed by atoms with Crippen LogP contribution in [0.5, 0.6) is 0 Å². The van der Waals surface area contributed by atoms with E-state index >= 15 is 0 Å². The van der Waals surface area contributed by atoms with Crippen molar-refractivity contribution in [1.29, 1.82) is 0 Å². The fourth-order valence-corrected chi connectivity index (χ4v) is 2.43. The zero-order chi connectivity index (χ0) is 15.6. The number of nitrogens with one attached hydrogen (secondary N) is 1. The molecule has 0 radical (unpaired) electrons. The second-order valence-corrected chi connectivity index (χ2v) is 5.03. The van der Waals surface area contributed by atoms with Crippen molar-refractivity contribution in [3.05, 3.63) is 35.4 Å². The molecule has 116 valence electrons. The summed E-state index contributed by atoms with van der Waals surface area (Å²) in [6.45, 7) is 0.555. The van der Waals surface area contributed by atoms with Crippen molar-refractivity contribution in [3.63, 3.8) is 0 Å². The number of hydrogen-bond acceptors (Lipinski definition) is 3. The average Bonchev–Trinajstić information content (AvgIpc) is 2.94. The lowest BCUT2D eigenvalue weighted by Crippen LogP contribution is -2.40. The third kappa shape index (κ3) is 3.54. The molecule has 1 aliphatic heterocycles. The zero-order valence-electron chi connectivity index (χ0n) is 11.8. The van der Waals surface area contributed by atoms with E-state index in [2.05, 4.69) is 5.32 Å². The molecule has 2 atom stereocenters. The van der Waals surface area contributed by atoms with E-state index in [-0.39, 0.29) is 17.9 Å². The van der Waals surface area contributed by atoms with Crippen molar-refractivity contribution >= 4 is 5.91 Å². The smallest absolute Gasteiger partial charge is 0.305 e. The van der Waals surface area contributed by atoms with Crippen LogP contribution in [0.1, 0.15) is 23.5 Å². The minimum absolute atomic E-state index is 0.0199. The van der Waals surface area contributed by atoms with Crippen LogP contribution in [0.3, 0.4) is 0 Å². The van der Waals surface area contributed by atoms with Crippen LogP contribution in [0.4, 0.5) is 13.2 Å². The molecule has 0 aliphatic carbocycles. The Morgan fingerprint density at radius 2 is 1.95 bits per heavy atom. The first kappa shape index (κ1) is 15.8. The number of hydrogen-bond donors (Lipinski definition) is 1. The summed E-state index contributed by atoms with van der Waals surface area (Å²) < 4.78 is 37.5. The molecule has 1 aliphatic rings. The Bertz CT molecular complexity index is 502. The first-order chi connectivity index (χ1) is 9.82. The molecule has 21 heavy (non-hydrogen) atoms. The van der Waals surface area contributed by atoms with Crippen LogP contribution in [-0.4, -0.2) is 37.7 Å². The van der Waals surface area contributed by atoms with Gasteiger partial charge < -0.3 is 5.32 Å². The number of carbonyl (C=O) groups is 1. The number of amides is 1. The molecule has 1 saturated heterocycles. The summed E-state index contributed by atoms with van der Waals surface area (Å²) >= 11 is 0. The fourth-order valence-electron chi connectivity index (χ4n) is 2.43. The molecule has 0 spiro atoms. The number of likely N-dealkylation sites (N-methyl/N-ethyl adjacent to an activating group) is 1.